The van der Waals surface area contributed by atoms with Crippen LogP contribution in [0, 0.1) is 0 Å². The van der Waals surface area contributed by atoms with Gasteiger partial charge in [0.15, 0.2) is 6.29 Å². The minimum atomic E-state index is -1.57. The molecule has 0 bridgehead atoms. The van der Waals surface area contributed by atoms with E-state index in [0.29, 0.717) is 6.42 Å². The fraction of sp³-hybridized carbons (Fsp3) is 0.909. The van der Waals surface area contributed by atoms with Crippen molar-refractivity contribution in [2.75, 3.05) is 13.2 Å². The molecule has 0 radical (unpaired) electrons. The van der Waals surface area contributed by atoms with Gasteiger partial charge in [0, 0.05) is 6.42 Å². The van der Waals surface area contributed by atoms with Crippen LogP contribution in [0.3, 0.4) is 0 Å². The zero-order valence-electron chi connectivity index (χ0n) is 41.8. The number of allylic oxidation sites excluding steroid dienone is 3. The van der Waals surface area contributed by atoms with Gasteiger partial charge < -0.3 is 40.3 Å². The molecule has 6 N–H and O–H groups in total. The summed E-state index contributed by atoms with van der Waals surface area (Å²) in [6.45, 7) is 3.80. The second-order valence-corrected chi connectivity index (χ2v) is 19.4. The van der Waals surface area contributed by atoms with E-state index in [1.54, 1.807) is 6.08 Å². The molecule has 1 heterocycles. The maximum absolute atomic E-state index is 13.0. The lowest BCUT2D eigenvalue weighted by molar-refractivity contribution is -0.302. The highest BCUT2D eigenvalue weighted by Crippen LogP contribution is 2.23. The maximum Gasteiger partial charge on any atom is 0.220 e. The maximum atomic E-state index is 13.0. The topological polar surface area (TPSA) is 149 Å². The number of hydrogen-bond acceptors (Lipinski definition) is 8. The molecular formula is C55H105NO8. The molecule has 0 saturated carbocycles. The molecule has 1 rings (SSSR count). The van der Waals surface area contributed by atoms with Crippen molar-refractivity contribution in [3.63, 3.8) is 0 Å². The summed E-state index contributed by atoms with van der Waals surface area (Å²) < 4.78 is 11.3. The summed E-state index contributed by atoms with van der Waals surface area (Å²) in [6, 6.07) is -0.804. The first-order valence-corrected chi connectivity index (χ1v) is 27.6. The number of aliphatic hydroxyl groups is 5. The third kappa shape index (κ3) is 34.9. The highest BCUT2D eigenvalue weighted by molar-refractivity contribution is 5.76. The van der Waals surface area contributed by atoms with Crippen molar-refractivity contribution >= 4 is 5.91 Å². The first-order chi connectivity index (χ1) is 31.3. The van der Waals surface area contributed by atoms with Crippen molar-refractivity contribution in [1.29, 1.82) is 0 Å². The number of rotatable bonds is 47. The van der Waals surface area contributed by atoms with Crippen LogP contribution in [0.4, 0.5) is 0 Å². The second-order valence-electron chi connectivity index (χ2n) is 19.4. The summed E-state index contributed by atoms with van der Waals surface area (Å²) in [5, 5.41) is 54.4. The zero-order chi connectivity index (χ0) is 46.6. The van der Waals surface area contributed by atoms with Crippen LogP contribution < -0.4 is 5.32 Å². The van der Waals surface area contributed by atoms with E-state index in [1.165, 1.54) is 205 Å². The summed E-state index contributed by atoms with van der Waals surface area (Å²) in [5.74, 6) is -0.177. The molecule has 1 aliphatic heterocycles. The number of amides is 1. The number of carbonyl (C=O) groups excluding carboxylic acids is 1. The zero-order valence-corrected chi connectivity index (χ0v) is 41.8. The Balaban J connectivity index is 2.24. The predicted octanol–water partition coefficient (Wildman–Crippen LogP) is 13.0. The van der Waals surface area contributed by atoms with Crippen molar-refractivity contribution < 1.29 is 39.8 Å². The SMILES string of the molecule is CCCCCCCCCCCCCC/C=C\CCCCCCCCCCC(=O)NC(COC1OC(CO)C(O)C(O)C1O)C(O)/C=C/CCCCCCCCCCCCCCCCC. The first-order valence-electron chi connectivity index (χ1n) is 27.6. The third-order valence-corrected chi connectivity index (χ3v) is 13.3. The van der Waals surface area contributed by atoms with Gasteiger partial charge in [0.25, 0.3) is 0 Å². The van der Waals surface area contributed by atoms with Gasteiger partial charge in [0.2, 0.25) is 5.91 Å². The smallest absolute Gasteiger partial charge is 0.220 e. The van der Waals surface area contributed by atoms with Crippen molar-refractivity contribution in [3.05, 3.63) is 24.3 Å². The van der Waals surface area contributed by atoms with Crippen LogP contribution in [-0.2, 0) is 14.3 Å². The number of aliphatic hydroxyl groups excluding tert-OH is 5. The van der Waals surface area contributed by atoms with Crippen molar-refractivity contribution in [2.24, 2.45) is 0 Å². The average molecular weight is 908 g/mol. The fourth-order valence-corrected chi connectivity index (χ4v) is 8.86. The summed E-state index contributed by atoms with van der Waals surface area (Å²) in [5.41, 5.74) is 0. The fourth-order valence-electron chi connectivity index (χ4n) is 8.86. The molecule has 0 aromatic rings. The third-order valence-electron chi connectivity index (χ3n) is 13.3. The van der Waals surface area contributed by atoms with Crippen LogP contribution in [0.2, 0.25) is 0 Å². The lowest BCUT2D eigenvalue weighted by Gasteiger charge is -2.40. The molecule has 9 nitrogen and oxygen atoms in total. The van der Waals surface area contributed by atoms with Crippen LogP contribution >= 0.6 is 0 Å². The summed E-state index contributed by atoms with van der Waals surface area (Å²) in [6.07, 6.45) is 49.5. The number of unbranched alkanes of at least 4 members (excludes halogenated alkanes) is 35. The Labute approximate surface area is 394 Å². The molecule has 1 amide bonds. The highest BCUT2D eigenvalue weighted by atomic mass is 16.7. The molecule has 7 atom stereocenters. The normalized spacial score (nSPS) is 20.1. The standard InChI is InChI=1S/C55H105NO8/c1-3-5-7-9-11-13-15-17-19-21-22-23-24-25-26-27-29-31-33-35-37-39-41-43-45-51(59)56-48(47-63-55-54(62)53(61)52(60)50(46-57)64-55)49(58)44-42-40-38-36-34-32-30-28-20-18-16-14-12-10-8-6-4-2/h25-26,42,44,48-50,52-55,57-58,60-62H,3-24,27-41,43,45-47H2,1-2H3,(H,56,59)/b26-25-,44-42+. The minimum absolute atomic E-state index is 0.177. The van der Waals surface area contributed by atoms with Crippen LogP contribution in [0.15, 0.2) is 24.3 Å². The van der Waals surface area contributed by atoms with Crippen LogP contribution in [0.1, 0.15) is 264 Å². The molecule has 0 aromatic heterocycles. The predicted molar refractivity (Wildman–Crippen MR) is 267 cm³/mol. The van der Waals surface area contributed by atoms with Gasteiger partial charge in [-0.15, -0.1) is 0 Å². The minimum Gasteiger partial charge on any atom is -0.394 e. The van der Waals surface area contributed by atoms with E-state index in [-0.39, 0.29) is 12.5 Å². The second kappa shape index (κ2) is 45.5. The van der Waals surface area contributed by atoms with Gasteiger partial charge in [-0.25, -0.2) is 0 Å². The Morgan fingerprint density at radius 2 is 0.875 bits per heavy atom. The molecule has 378 valence electrons. The molecule has 9 heteroatoms. The summed E-state index contributed by atoms with van der Waals surface area (Å²) >= 11 is 0. The Kier molecular flexibility index (Phi) is 43.1. The molecular weight excluding hydrogens is 803 g/mol. The molecule has 1 saturated heterocycles. The van der Waals surface area contributed by atoms with Crippen LogP contribution in [-0.4, -0.2) is 87.5 Å². The van der Waals surface area contributed by atoms with Gasteiger partial charge in [0.05, 0.1) is 25.4 Å². The molecule has 0 aromatic carbocycles. The van der Waals surface area contributed by atoms with Crippen molar-refractivity contribution in [2.45, 2.75) is 307 Å². The van der Waals surface area contributed by atoms with E-state index >= 15 is 0 Å². The Morgan fingerprint density at radius 1 is 0.516 bits per heavy atom. The van der Waals surface area contributed by atoms with Gasteiger partial charge >= 0.3 is 0 Å². The molecule has 7 unspecified atom stereocenters. The number of ether oxygens (including phenoxy) is 2. The van der Waals surface area contributed by atoms with E-state index in [0.717, 1.165) is 38.5 Å². The first kappa shape index (κ1) is 60.7. The largest absolute Gasteiger partial charge is 0.394 e. The van der Waals surface area contributed by atoms with E-state index in [2.05, 4.69) is 31.3 Å². The highest BCUT2D eigenvalue weighted by Gasteiger charge is 2.44. The van der Waals surface area contributed by atoms with Gasteiger partial charge in [-0.3, -0.25) is 4.79 Å². The van der Waals surface area contributed by atoms with Crippen molar-refractivity contribution in [1.82, 2.24) is 5.32 Å². The van der Waals surface area contributed by atoms with Crippen LogP contribution in [0.25, 0.3) is 0 Å². The van der Waals surface area contributed by atoms with Gasteiger partial charge in [-0.2, -0.15) is 0 Å². The van der Waals surface area contributed by atoms with Crippen molar-refractivity contribution in [3.8, 4) is 0 Å². The number of hydrogen-bond donors (Lipinski definition) is 6. The Hall–Kier alpha value is -1.33. The van der Waals surface area contributed by atoms with Gasteiger partial charge in [0.1, 0.15) is 24.4 Å². The summed E-state index contributed by atoms with van der Waals surface area (Å²) in [4.78, 5) is 13.0. The van der Waals surface area contributed by atoms with E-state index in [1.807, 2.05) is 6.08 Å². The lowest BCUT2D eigenvalue weighted by atomic mass is 9.99. The molecule has 1 aliphatic rings. The number of nitrogens with one attached hydrogen (secondary N) is 1. The Morgan fingerprint density at radius 3 is 1.27 bits per heavy atom. The summed E-state index contributed by atoms with van der Waals surface area (Å²) in [7, 11) is 0. The quantitative estimate of drug-likeness (QED) is 0.0261. The lowest BCUT2D eigenvalue weighted by Crippen LogP contribution is -2.60. The van der Waals surface area contributed by atoms with Gasteiger partial charge in [-0.1, -0.05) is 237 Å². The molecule has 64 heavy (non-hydrogen) atoms. The van der Waals surface area contributed by atoms with E-state index in [9.17, 15) is 30.3 Å². The molecule has 0 spiro atoms. The van der Waals surface area contributed by atoms with Crippen LogP contribution in [0.5, 0.6) is 0 Å². The monoisotopic (exact) mass is 908 g/mol. The van der Waals surface area contributed by atoms with E-state index in [4.69, 9.17) is 9.47 Å². The average Bonchev–Trinajstić information content (AvgIpc) is 3.29. The molecule has 0 aliphatic carbocycles. The molecule has 1 fully saturated rings. The number of carbonyl (C=O) groups is 1. The Bertz CT molecular complexity index is 1060. The van der Waals surface area contributed by atoms with Gasteiger partial charge in [-0.05, 0) is 44.9 Å². The van der Waals surface area contributed by atoms with E-state index < -0.39 is 49.5 Å².